The van der Waals surface area contributed by atoms with Crippen molar-refractivity contribution in [3.05, 3.63) is 6.92 Å². The number of rotatable bonds is 2. The van der Waals surface area contributed by atoms with Crippen LogP contribution in [0.5, 0.6) is 0 Å². The van der Waals surface area contributed by atoms with E-state index in [9.17, 15) is 0 Å². The second-order valence-corrected chi connectivity index (χ2v) is 3.23. The minimum Gasteiger partial charge on any atom is -0.301 e. The number of likely N-dealkylation sites (tertiary alicyclic amines) is 1. The molecular formula is C9H18N. The highest BCUT2D eigenvalue weighted by Crippen LogP contribution is 2.15. The summed E-state index contributed by atoms with van der Waals surface area (Å²) in [6.45, 7) is 8.70. The van der Waals surface area contributed by atoms with Gasteiger partial charge in [0.05, 0.1) is 0 Å². The first-order valence-electron chi connectivity index (χ1n) is 4.38. The molecular weight excluding hydrogens is 122 g/mol. The predicted molar refractivity (Wildman–Crippen MR) is 44.9 cm³/mol. The summed E-state index contributed by atoms with van der Waals surface area (Å²) in [4.78, 5) is 2.55. The molecule has 10 heavy (non-hydrogen) atoms. The van der Waals surface area contributed by atoms with E-state index in [0.717, 1.165) is 12.5 Å². The van der Waals surface area contributed by atoms with Gasteiger partial charge in [0.15, 0.2) is 0 Å². The standard InChI is InChI=1S/C9H18N/c1-3-7-10-8-5-4-6-9(10)2/h9H,1,3-8H2,2H3/t9-/m0/s1. The van der Waals surface area contributed by atoms with Crippen LogP contribution in [0.4, 0.5) is 0 Å². The largest absolute Gasteiger partial charge is 0.301 e. The third kappa shape index (κ3) is 1.98. The predicted octanol–water partition coefficient (Wildman–Crippen LogP) is 2.08. The summed E-state index contributed by atoms with van der Waals surface area (Å²) in [7, 11) is 0. The van der Waals surface area contributed by atoms with Crippen molar-refractivity contribution in [1.82, 2.24) is 4.90 Å². The lowest BCUT2D eigenvalue weighted by Crippen LogP contribution is -2.37. The molecule has 1 fully saturated rings. The highest BCUT2D eigenvalue weighted by atomic mass is 15.1. The molecule has 1 aliphatic heterocycles. The maximum atomic E-state index is 3.87. The molecule has 1 saturated heterocycles. The summed E-state index contributed by atoms with van der Waals surface area (Å²) in [6.07, 6.45) is 5.27. The third-order valence-electron chi connectivity index (χ3n) is 2.39. The van der Waals surface area contributed by atoms with Gasteiger partial charge in [-0.2, -0.15) is 0 Å². The fraction of sp³-hybridized carbons (Fsp3) is 0.889. The molecule has 0 N–H and O–H groups in total. The van der Waals surface area contributed by atoms with Crippen LogP contribution in [0.3, 0.4) is 0 Å². The molecule has 0 aromatic carbocycles. The van der Waals surface area contributed by atoms with Crippen molar-refractivity contribution in [3.8, 4) is 0 Å². The van der Waals surface area contributed by atoms with Crippen molar-refractivity contribution in [2.24, 2.45) is 0 Å². The molecule has 0 unspecified atom stereocenters. The first-order valence-corrected chi connectivity index (χ1v) is 4.38. The quantitative estimate of drug-likeness (QED) is 0.567. The summed E-state index contributed by atoms with van der Waals surface area (Å²) in [5.41, 5.74) is 0. The van der Waals surface area contributed by atoms with Crippen molar-refractivity contribution in [1.29, 1.82) is 0 Å². The van der Waals surface area contributed by atoms with Crippen LogP contribution in [0.1, 0.15) is 32.6 Å². The Bertz CT molecular complexity index is 88.7. The van der Waals surface area contributed by atoms with Gasteiger partial charge in [0.25, 0.3) is 0 Å². The smallest absolute Gasteiger partial charge is 0.00669 e. The maximum absolute atomic E-state index is 3.87. The Morgan fingerprint density at radius 1 is 1.50 bits per heavy atom. The van der Waals surface area contributed by atoms with E-state index in [1.165, 1.54) is 32.4 Å². The second-order valence-electron chi connectivity index (χ2n) is 3.23. The molecule has 1 rings (SSSR count). The van der Waals surface area contributed by atoms with Gasteiger partial charge >= 0.3 is 0 Å². The molecule has 59 valence electrons. The molecule has 0 saturated carbocycles. The second kappa shape index (κ2) is 3.97. The summed E-state index contributed by atoms with van der Waals surface area (Å²) < 4.78 is 0. The first kappa shape index (κ1) is 8.06. The Balaban J connectivity index is 2.25. The minimum absolute atomic E-state index is 0.815. The van der Waals surface area contributed by atoms with Gasteiger partial charge in [-0.15, -0.1) is 0 Å². The average Bonchev–Trinajstić information content (AvgIpc) is 1.94. The number of hydrogen-bond donors (Lipinski definition) is 0. The van der Waals surface area contributed by atoms with E-state index in [2.05, 4.69) is 18.7 Å². The van der Waals surface area contributed by atoms with Gasteiger partial charge in [0, 0.05) is 6.04 Å². The third-order valence-corrected chi connectivity index (χ3v) is 2.39. The molecule has 0 aromatic rings. The van der Waals surface area contributed by atoms with Crippen molar-refractivity contribution in [2.45, 2.75) is 38.6 Å². The zero-order valence-electron chi connectivity index (χ0n) is 6.97. The number of hydrogen-bond acceptors (Lipinski definition) is 1. The normalized spacial score (nSPS) is 28.8. The van der Waals surface area contributed by atoms with Crippen molar-refractivity contribution in [3.63, 3.8) is 0 Å². The zero-order chi connectivity index (χ0) is 7.40. The van der Waals surface area contributed by atoms with E-state index in [0.29, 0.717) is 0 Å². The molecule has 1 radical (unpaired) electrons. The Labute approximate surface area is 64.4 Å². The highest BCUT2D eigenvalue weighted by Gasteiger charge is 2.16. The Hall–Kier alpha value is -0.0400. The molecule has 0 amide bonds. The van der Waals surface area contributed by atoms with Gasteiger partial charge in [0.1, 0.15) is 0 Å². The van der Waals surface area contributed by atoms with E-state index < -0.39 is 0 Å². The van der Waals surface area contributed by atoms with Crippen LogP contribution in [-0.2, 0) is 0 Å². The van der Waals surface area contributed by atoms with Crippen LogP contribution in [0.15, 0.2) is 0 Å². The maximum Gasteiger partial charge on any atom is 0.00669 e. The molecule has 0 aliphatic carbocycles. The van der Waals surface area contributed by atoms with Gasteiger partial charge in [-0.05, 0) is 39.3 Å². The van der Waals surface area contributed by atoms with Gasteiger partial charge in [-0.3, -0.25) is 0 Å². The van der Waals surface area contributed by atoms with E-state index >= 15 is 0 Å². The average molecular weight is 140 g/mol. The lowest BCUT2D eigenvalue weighted by molar-refractivity contribution is 0.163. The Kier molecular flexibility index (Phi) is 3.20. The lowest BCUT2D eigenvalue weighted by Gasteiger charge is -2.32. The van der Waals surface area contributed by atoms with Gasteiger partial charge in [0.2, 0.25) is 0 Å². The fourth-order valence-electron chi connectivity index (χ4n) is 1.69. The van der Waals surface area contributed by atoms with Crippen molar-refractivity contribution >= 4 is 0 Å². The molecule has 1 atom stereocenters. The van der Waals surface area contributed by atoms with E-state index in [1.54, 1.807) is 0 Å². The van der Waals surface area contributed by atoms with Crippen LogP contribution in [0, 0.1) is 6.92 Å². The lowest BCUT2D eigenvalue weighted by atomic mass is 10.0. The molecule has 0 aromatic heterocycles. The summed E-state index contributed by atoms with van der Waals surface area (Å²) in [6, 6.07) is 0.815. The molecule has 1 heterocycles. The fourth-order valence-corrected chi connectivity index (χ4v) is 1.69. The van der Waals surface area contributed by atoms with Gasteiger partial charge in [-0.25, -0.2) is 0 Å². The topological polar surface area (TPSA) is 3.24 Å². The summed E-state index contributed by atoms with van der Waals surface area (Å²) in [5.74, 6) is 0. The van der Waals surface area contributed by atoms with Crippen molar-refractivity contribution in [2.75, 3.05) is 13.1 Å². The Morgan fingerprint density at radius 2 is 2.30 bits per heavy atom. The van der Waals surface area contributed by atoms with Crippen LogP contribution in [0.2, 0.25) is 0 Å². The number of nitrogens with zero attached hydrogens (tertiary/aromatic N) is 1. The Morgan fingerprint density at radius 3 is 2.90 bits per heavy atom. The van der Waals surface area contributed by atoms with Gasteiger partial charge in [-0.1, -0.05) is 13.3 Å². The number of piperidine rings is 1. The van der Waals surface area contributed by atoms with Crippen LogP contribution in [-0.4, -0.2) is 24.0 Å². The highest BCUT2D eigenvalue weighted by molar-refractivity contribution is 4.72. The van der Waals surface area contributed by atoms with Crippen molar-refractivity contribution < 1.29 is 0 Å². The first-order chi connectivity index (χ1) is 4.84. The van der Waals surface area contributed by atoms with Crippen LogP contribution < -0.4 is 0 Å². The van der Waals surface area contributed by atoms with Gasteiger partial charge < -0.3 is 4.90 Å². The molecule has 1 nitrogen and oxygen atoms in total. The zero-order valence-corrected chi connectivity index (χ0v) is 6.97. The van der Waals surface area contributed by atoms with Crippen LogP contribution >= 0.6 is 0 Å². The van der Waals surface area contributed by atoms with E-state index in [4.69, 9.17) is 0 Å². The summed E-state index contributed by atoms with van der Waals surface area (Å²) in [5, 5.41) is 0. The van der Waals surface area contributed by atoms with E-state index in [1.807, 2.05) is 0 Å². The summed E-state index contributed by atoms with van der Waals surface area (Å²) >= 11 is 0. The monoisotopic (exact) mass is 140 g/mol. The molecule has 0 spiro atoms. The minimum atomic E-state index is 0.815. The molecule has 1 heteroatoms. The SMILES string of the molecule is [CH2]CCN1CCCC[C@@H]1C. The van der Waals surface area contributed by atoms with Crippen LogP contribution in [0.25, 0.3) is 0 Å². The van der Waals surface area contributed by atoms with E-state index in [-0.39, 0.29) is 0 Å². The molecule has 0 bridgehead atoms. The molecule has 1 aliphatic rings.